The maximum Gasteiger partial charge on any atom is 0.338 e. The number of esters is 1. The molecular formula is C25H31N5O4. The molecule has 4 rings (SSSR count). The first-order chi connectivity index (χ1) is 16.6. The number of rotatable bonds is 8. The van der Waals surface area contributed by atoms with Gasteiger partial charge in [-0.05, 0) is 43.7 Å². The van der Waals surface area contributed by atoms with Crippen LogP contribution in [0.15, 0.2) is 59.9 Å². The number of carbonyl (C=O) groups excluding carboxylic acids is 2. The van der Waals surface area contributed by atoms with Crippen LogP contribution in [0.3, 0.4) is 0 Å². The topological polar surface area (TPSA) is 96.0 Å². The molecule has 1 aromatic carbocycles. The summed E-state index contributed by atoms with van der Waals surface area (Å²) in [6.07, 6.45) is 1.80. The molecule has 1 atom stereocenters. The second-order valence-electron chi connectivity index (χ2n) is 8.10. The summed E-state index contributed by atoms with van der Waals surface area (Å²) in [4.78, 5) is 34.5. The second-order valence-corrected chi connectivity index (χ2v) is 8.10. The first-order valence-corrected chi connectivity index (χ1v) is 11.7. The molecule has 0 aliphatic carbocycles. The number of nitrogens with one attached hydrogen (secondary N) is 2. The van der Waals surface area contributed by atoms with E-state index in [9.17, 15) is 9.59 Å². The molecule has 2 amide bonds. The minimum atomic E-state index is -0.603. The predicted molar refractivity (Wildman–Crippen MR) is 129 cm³/mol. The zero-order valence-electron chi connectivity index (χ0n) is 19.6. The van der Waals surface area contributed by atoms with Gasteiger partial charge in [-0.25, -0.2) is 14.6 Å². The van der Waals surface area contributed by atoms with Crippen molar-refractivity contribution >= 4 is 17.8 Å². The Bertz CT molecular complexity index is 1020. The molecule has 2 aliphatic heterocycles. The number of benzene rings is 1. The molecule has 0 saturated carbocycles. The number of amides is 2. The van der Waals surface area contributed by atoms with Crippen molar-refractivity contribution in [2.45, 2.75) is 19.9 Å². The number of ether oxygens (including phenoxy) is 2. The van der Waals surface area contributed by atoms with Gasteiger partial charge in [0.25, 0.3) is 0 Å². The van der Waals surface area contributed by atoms with Gasteiger partial charge in [0.1, 0.15) is 11.6 Å². The number of aromatic nitrogens is 1. The Balaban J connectivity index is 1.55. The summed E-state index contributed by atoms with van der Waals surface area (Å²) in [6, 6.07) is 12.4. The number of hydrogen-bond donors (Lipinski definition) is 2. The lowest BCUT2D eigenvalue weighted by molar-refractivity contribution is -0.139. The zero-order chi connectivity index (χ0) is 23.9. The van der Waals surface area contributed by atoms with Crippen LogP contribution < -0.4 is 20.3 Å². The van der Waals surface area contributed by atoms with Crippen molar-refractivity contribution in [3.63, 3.8) is 0 Å². The molecular weight excluding hydrogens is 434 g/mol. The minimum Gasteiger partial charge on any atom is -0.494 e. The van der Waals surface area contributed by atoms with E-state index in [1.165, 1.54) is 0 Å². The van der Waals surface area contributed by atoms with Crippen LogP contribution in [-0.2, 0) is 9.53 Å². The monoisotopic (exact) mass is 465 g/mol. The van der Waals surface area contributed by atoms with Gasteiger partial charge in [0.05, 0.1) is 24.8 Å². The Morgan fingerprint density at radius 3 is 2.47 bits per heavy atom. The third-order valence-corrected chi connectivity index (χ3v) is 5.90. The van der Waals surface area contributed by atoms with Crippen molar-refractivity contribution < 1.29 is 19.1 Å². The smallest absolute Gasteiger partial charge is 0.338 e. The van der Waals surface area contributed by atoms with Gasteiger partial charge in [-0.15, -0.1) is 0 Å². The average Bonchev–Trinajstić information content (AvgIpc) is 2.85. The van der Waals surface area contributed by atoms with E-state index in [1.54, 1.807) is 13.1 Å². The molecule has 9 nitrogen and oxygen atoms in total. The van der Waals surface area contributed by atoms with Crippen molar-refractivity contribution in [1.29, 1.82) is 0 Å². The Hall–Kier alpha value is -3.59. The fraction of sp³-hybridized carbons (Fsp3) is 0.400. The van der Waals surface area contributed by atoms with Crippen molar-refractivity contribution in [2.75, 3.05) is 50.8 Å². The molecule has 9 heteroatoms. The summed E-state index contributed by atoms with van der Waals surface area (Å²) in [7, 11) is 0. The zero-order valence-corrected chi connectivity index (χ0v) is 19.6. The normalized spacial score (nSPS) is 18.8. The van der Waals surface area contributed by atoms with Crippen LogP contribution in [0.2, 0.25) is 0 Å². The summed E-state index contributed by atoms with van der Waals surface area (Å²) in [6.45, 7) is 8.16. The van der Waals surface area contributed by atoms with Crippen LogP contribution >= 0.6 is 0 Å². The van der Waals surface area contributed by atoms with Gasteiger partial charge in [-0.3, -0.25) is 4.90 Å². The van der Waals surface area contributed by atoms with Gasteiger partial charge in [-0.2, -0.15) is 0 Å². The quantitative estimate of drug-likeness (QED) is 0.578. The number of carbonyl (C=O) groups is 2. The van der Waals surface area contributed by atoms with Crippen molar-refractivity contribution in [1.82, 2.24) is 20.5 Å². The first-order valence-electron chi connectivity index (χ1n) is 11.7. The first kappa shape index (κ1) is 23.6. The van der Waals surface area contributed by atoms with Crippen LogP contribution in [0.5, 0.6) is 5.75 Å². The molecule has 1 fully saturated rings. The highest BCUT2D eigenvalue weighted by atomic mass is 16.5. The Kier molecular flexibility index (Phi) is 7.64. The summed E-state index contributed by atoms with van der Waals surface area (Å²) in [5.74, 6) is 1.26. The molecule has 0 bridgehead atoms. The number of pyridine rings is 1. The Morgan fingerprint density at radius 2 is 1.82 bits per heavy atom. The lowest BCUT2D eigenvalue weighted by atomic mass is 9.94. The fourth-order valence-corrected chi connectivity index (χ4v) is 4.27. The van der Waals surface area contributed by atoms with Gasteiger partial charge in [0.2, 0.25) is 0 Å². The standard InChI is InChI=1S/C25H31N5O4/c1-3-33-19-10-8-18(9-11-19)23-22(24(31)34-4-2)20(27-25(32)28-23)17-29-13-15-30(16-14-29)21-7-5-6-12-26-21/h5-12,23H,3-4,13-17H2,1-2H3,(H2,27,28,32)/t23-/m1/s1. The largest absolute Gasteiger partial charge is 0.494 e. The van der Waals surface area contributed by atoms with E-state index in [0.717, 1.165) is 43.3 Å². The highest BCUT2D eigenvalue weighted by Crippen LogP contribution is 2.29. The summed E-state index contributed by atoms with van der Waals surface area (Å²) >= 11 is 0. The third-order valence-electron chi connectivity index (χ3n) is 5.90. The number of nitrogens with zero attached hydrogens (tertiary/aromatic N) is 3. The SMILES string of the molecule is CCOC(=O)C1=C(CN2CCN(c3ccccn3)CC2)NC(=O)N[C@@H]1c1ccc(OCC)cc1. The van der Waals surface area contributed by atoms with E-state index in [1.807, 2.05) is 49.4 Å². The molecule has 3 heterocycles. The van der Waals surface area contributed by atoms with E-state index in [2.05, 4.69) is 25.4 Å². The lowest BCUT2D eigenvalue weighted by Gasteiger charge is -2.37. The molecule has 180 valence electrons. The van der Waals surface area contributed by atoms with Crippen LogP contribution in [-0.4, -0.2) is 67.8 Å². The summed E-state index contributed by atoms with van der Waals surface area (Å²) < 4.78 is 10.9. The molecule has 0 spiro atoms. The molecule has 0 radical (unpaired) electrons. The van der Waals surface area contributed by atoms with Gasteiger partial charge in [-0.1, -0.05) is 18.2 Å². The van der Waals surface area contributed by atoms with Gasteiger partial charge in [0.15, 0.2) is 0 Å². The Labute approximate surface area is 199 Å². The van der Waals surface area contributed by atoms with E-state index in [0.29, 0.717) is 24.4 Å². The molecule has 2 aliphatic rings. The van der Waals surface area contributed by atoms with Crippen LogP contribution in [0.1, 0.15) is 25.5 Å². The van der Waals surface area contributed by atoms with Crippen molar-refractivity contribution in [3.05, 3.63) is 65.5 Å². The maximum atomic E-state index is 13.0. The van der Waals surface area contributed by atoms with Gasteiger partial charge in [0, 0.05) is 44.6 Å². The van der Waals surface area contributed by atoms with Gasteiger partial charge >= 0.3 is 12.0 Å². The molecule has 0 unspecified atom stereocenters. The minimum absolute atomic E-state index is 0.252. The number of urea groups is 1. The van der Waals surface area contributed by atoms with Gasteiger partial charge < -0.3 is 25.0 Å². The molecule has 1 saturated heterocycles. The van der Waals surface area contributed by atoms with E-state index < -0.39 is 12.0 Å². The van der Waals surface area contributed by atoms with Crippen LogP contribution in [0.25, 0.3) is 0 Å². The summed E-state index contributed by atoms with van der Waals surface area (Å²) in [5.41, 5.74) is 1.80. The molecule has 2 aromatic rings. The second kappa shape index (κ2) is 11.0. The van der Waals surface area contributed by atoms with E-state index >= 15 is 0 Å². The van der Waals surface area contributed by atoms with E-state index in [-0.39, 0.29) is 12.6 Å². The number of hydrogen-bond acceptors (Lipinski definition) is 7. The lowest BCUT2D eigenvalue weighted by Crippen LogP contribution is -2.52. The van der Waals surface area contributed by atoms with Crippen molar-refractivity contribution in [2.24, 2.45) is 0 Å². The van der Waals surface area contributed by atoms with Crippen LogP contribution in [0.4, 0.5) is 10.6 Å². The van der Waals surface area contributed by atoms with Crippen LogP contribution in [0, 0.1) is 0 Å². The maximum absolute atomic E-state index is 13.0. The molecule has 34 heavy (non-hydrogen) atoms. The molecule has 2 N–H and O–H groups in total. The number of piperazine rings is 1. The van der Waals surface area contributed by atoms with Crippen molar-refractivity contribution in [3.8, 4) is 5.75 Å². The predicted octanol–water partition coefficient (Wildman–Crippen LogP) is 2.47. The number of anilines is 1. The average molecular weight is 466 g/mol. The summed E-state index contributed by atoms with van der Waals surface area (Å²) in [5, 5.41) is 5.75. The Morgan fingerprint density at radius 1 is 1.06 bits per heavy atom. The highest BCUT2D eigenvalue weighted by Gasteiger charge is 2.34. The fourth-order valence-electron chi connectivity index (χ4n) is 4.27. The highest BCUT2D eigenvalue weighted by molar-refractivity contribution is 5.95. The molecule has 1 aromatic heterocycles. The third kappa shape index (κ3) is 5.48. The van der Waals surface area contributed by atoms with E-state index in [4.69, 9.17) is 9.47 Å².